The topological polar surface area (TPSA) is 131 Å². The van der Waals surface area contributed by atoms with Crippen molar-refractivity contribution < 1.29 is 31.1 Å². The summed E-state index contributed by atoms with van der Waals surface area (Å²) >= 11 is 6.31. The highest BCUT2D eigenvalue weighted by Gasteiger charge is 2.62. The second-order valence-electron chi connectivity index (χ2n) is 13.7. The molecule has 17 heteroatoms. The summed E-state index contributed by atoms with van der Waals surface area (Å²) in [6.45, 7) is 5.82. The molecule has 4 heterocycles. The first kappa shape index (κ1) is 39.3. The van der Waals surface area contributed by atoms with Gasteiger partial charge >= 0.3 is 6.18 Å². The predicted octanol–water partition coefficient (Wildman–Crippen LogP) is 7.27. The molecule has 2 aliphatic rings. The molecule has 0 radical (unpaired) electrons. The van der Waals surface area contributed by atoms with Crippen molar-refractivity contribution in [3.05, 3.63) is 83.6 Å². The van der Waals surface area contributed by atoms with Gasteiger partial charge in [0.2, 0.25) is 5.88 Å². The Labute approximate surface area is 311 Å². The number of para-hydroxylation sites is 1. The fourth-order valence-electron chi connectivity index (χ4n) is 6.36. The van der Waals surface area contributed by atoms with E-state index < -0.39 is 27.5 Å². The van der Waals surface area contributed by atoms with Crippen molar-refractivity contribution in [1.82, 2.24) is 29.8 Å². The number of carbonyl (C=O) groups excluding carboxylic acids is 1. The number of alkyl halides is 3. The Morgan fingerprint density at radius 1 is 1.08 bits per heavy atom. The lowest BCUT2D eigenvalue weighted by Crippen LogP contribution is -2.32. The molecule has 280 valence electrons. The van der Waals surface area contributed by atoms with Gasteiger partial charge in [-0.05, 0) is 101 Å². The summed E-state index contributed by atoms with van der Waals surface area (Å²) in [7, 11) is -4.43. The van der Waals surface area contributed by atoms with E-state index in [1.807, 2.05) is 40.0 Å². The van der Waals surface area contributed by atoms with Crippen molar-refractivity contribution in [3.8, 4) is 11.7 Å². The quantitative estimate of drug-likeness (QED) is 0.127. The fraction of sp³-hybridized carbons (Fsp3) is 0.429. The largest absolute Gasteiger partial charge is 0.477 e. The minimum atomic E-state index is -4.43. The zero-order valence-corrected chi connectivity index (χ0v) is 31.0. The molecule has 6 rings (SSSR count). The zero-order chi connectivity index (χ0) is 36.4. The van der Waals surface area contributed by atoms with E-state index in [0.29, 0.717) is 18.3 Å². The maximum Gasteiger partial charge on any atom is 0.394 e. The minimum absolute atomic E-state index is 0. The molecule has 0 spiro atoms. The van der Waals surface area contributed by atoms with Gasteiger partial charge in [0, 0.05) is 30.0 Å². The average molecular weight is 783 g/mol. The van der Waals surface area contributed by atoms with E-state index in [4.69, 9.17) is 16.3 Å². The SMILES string of the molecule is CC1(C)C[C@H](CCCN(c2ccccc2)c2cccc(S(=O)(=O)NC(=O)c3ccc(-n4ccc(OCCC5(C(F)(F)F)CC5)n4)nc3Cl)n2)CN1.Cl. The molecule has 2 N–H and O–H groups in total. The molecule has 52 heavy (non-hydrogen) atoms. The standard InChI is InChI=1S/C35H39ClF3N7O4S.ClH/c1-33(2)22-24(23-40-33)8-7-19-45(25-9-4-3-5-10-25)27-11-6-12-30(41-27)51(48,49)44-32(47)26-13-14-28(42-31(26)36)46-20-15-29(43-46)50-21-18-34(16-17-34)35(37,38)39;/h3-6,9-15,20,24,40H,7-8,16-19,21-23H2,1-2H3,(H,44,47);1H/t24-;/m0./s1. The van der Waals surface area contributed by atoms with Crippen LogP contribution in [0.2, 0.25) is 5.15 Å². The van der Waals surface area contributed by atoms with Crippen molar-refractivity contribution in [3.63, 3.8) is 0 Å². The minimum Gasteiger partial charge on any atom is -0.477 e. The Balaban J connectivity index is 0.00000523. The van der Waals surface area contributed by atoms with Crippen molar-refractivity contribution >= 4 is 51.4 Å². The molecular weight excluding hydrogens is 742 g/mol. The summed E-state index contributed by atoms with van der Waals surface area (Å²) < 4.78 is 75.1. The molecule has 1 aliphatic carbocycles. The van der Waals surface area contributed by atoms with Crippen molar-refractivity contribution in [1.29, 1.82) is 0 Å². The number of pyridine rings is 2. The lowest BCUT2D eigenvalue weighted by molar-refractivity contribution is -0.190. The third-order valence-electron chi connectivity index (χ3n) is 9.38. The van der Waals surface area contributed by atoms with Crippen LogP contribution in [0, 0.1) is 11.3 Å². The Bertz CT molecular complexity index is 1980. The predicted molar refractivity (Wildman–Crippen MR) is 193 cm³/mol. The summed E-state index contributed by atoms with van der Waals surface area (Å²) in [5, 5.41) is 7.08. The third kappa shape index (κ3) is 9.17. The number of sulfonamides is 1. The summed E-state index contributed by atoms with van der Waals surface area (Å²) in [5.41, 5.74) is -0.913. The lowest BCUT2D eigenvalue weighted by atomic mass is 9.93. The number of anilines is 2. The number of nitrogens with one attached hydrogen (secondary N) is 2. The molecule has 2 fully saturated rings. The van der Waals surface area contributed by atoms with E-state index in [-0.39, 0.29) is 71.3 Å². The molecule has 1 amide bonds. The van der Waals surface area contributed by atoms with Crippen LogP contribution in [-0.4, -0.2) is 65.5 Å². The number of hydrogen-bond acceptors (Lipinski definition) is 9. The summed E-state index contributed by atoms with van der Waals surface area (Å²) in [6.07, 6.45) is 0.172. The zero-order valence-electron chi connectivity index (χ0n) is 28.6. The second-order valence-corrected chi connectivity index (χ2v) is 15.7. The number of nitrogens with zero attached hydrogens (tertiary/aromatic N) is 5. The van der Waals surface area contributed by atoms with Crippen molar-refractivity contribution in [2.45, 2.75) is 69.1 Å². The Kier molecular flexibility index (Phi) is 11.8. The van der Waals surface area contributed by atoms with E-state index in [2.05, 4.69) is 34.2 Å². The van der Waals surface area contributed by atoms with Crippen LogP contribution in [0.15, 0.2) is 78.0 Å². The lowest BCUT2D eigenvalue weighted by Gasteiger charge is -2.25. The second kappa shape index (κ2) is 15.6. The molecule has 1 aliphatic heterocycles. The van der Waals surface area contributed by atoms with Gasteiger partial charge in [0.25, 0.3) is 15.9 Å². The fourth-order valence-corrected chi connectivity index (χ4v) is 7.52. The highest BCUT2D eigenvalue weighted by Crippen LogP contribution is 2.59. The summed E-state index contributed by atoms with van der Waals surface area (Å²) in [4.78, 5) is 23.7. The first-order chi connectivity index (χ1) is 24.1. The van der Waals surface area contributed by atoms with Crippen LogP contribution in [0.4, 0.5) is 24.7 Å². The molecule has 1 saturated carbocycles. The van der Waals surface area contributed by atoms with Gasteiger partial charge in [0.1, 0.15) is 11.0 Å². The van der Waals surface area contributed by atoms with Crippen LogP contribution in [-0.2, 0) is 10.0 Å². The number of halogens is 5. The third-order valence-corrected chi connectivity index (χ3v) is 10.9. The summed E-state index contributed by atoms with van der Waals surface area (Å²) in [5.74, 6) is 0.220. The number of aromatic nitrogens is 4. The van der Waals surface area contributed by atoms with Gasteiger partial charge in [0.05, 0.1) is 17.6 Å². The van der Waals surface area contributed by atoms with Crippen LogP contribution < -0.4 is 19.7 Å². The van der Waals surface area contributed by atoms with Crippen LogP contribution in [0.25, 0.3) is 5.82 Å². The molecule has 11 nitrogen and oxygen atoms in total. The highest BCUT2D eigenvalue weighted by molar-refractivity contribution is 7.90. The maximum atomic E-state index is 13.4. The van der Waals surface area contributed by atoms with Gasteiger partial charge < -0.3 is 15.0 Å². The molecule has 0 bridgehead atoms. The molecule has 3 aromatic heterocycles. The number of carbonyl (C=O) groups is 1. The molecule has 4 aromatic rings. The van der Waals surface area contributed by atoms with Gasteiger partial charge in [-0.3, -0.25) is 4.79 Å². The Morgan fingerprint density at radius 3 is 2.48 bits per heavy atom. The number of hydrogen-bond donors (Lipinski definition) is 2. The monoisotopic (exact) mass is 781 g/mol. The Morgan fingerprint density at radius 2 is 1.83 bits per heavy atom. The molecule has 1 atom stereocenters. The van der Waals surface area contributed by atoms with Gasteiger partial charge in [-0.1, -0.05) is 35.9 Å². The number of ether oxygens (including phenoxy) is 1. The molecule has 0 unspecified atom stereocenters. The van der Waals surface area contributed by atoms with E-state index >= 15 is 0 Å². The first-order valence-corrected chi connectivity index (χ1v) is 18.5. The molecule has 1 aromatic carbocycles. The maximum absolute atomic E-state index is 13.4. The van der Waals surface area contributed by atoms with Gasteiger partial charge in [-0.2, -0.15) is 21.6 Å². The average Bonchev–Trinajstić information content (AvgIpc) is 3.61. The van der Waals surface area contributed by atoms with Crippen LogP contribution in [0.1, 0.15) is 62.7 Å². The molecule has 1 saturated heterocycles. The van der Waals surface area contributed by atoms with Crippen LogP contribution >= 0.6 is 24.0 Å². The van der Waals surface area contributed by atoms with E-state index in [1.54, 1.807) is 12.1 Å². The Hall–Kier alpha value is -3.92. The van der Waals surface area contributed by atoms with Gasteiger partial charge in [-0.25, -0.2) is 19.4 Å². The van der Waals surface area contributed by atoms with Gasteiger partial charge in [0.15, 0.2) is 10.8 Å². The first-order valence-electron chi connectivity index (χ1n) is 16.7. The van der Waals surface area contributed by atoms with E-state index in [0.717, 1.165) is 31.5 Å². The molecular formula is C35H40Cl2F3N7O4S. The van der Waals surface area contributed by atoms with Crippen molar-refractivity contribution in [2.24, 2.45) is 11.3 Å². The van der Waals surface area contributed by atoms with E-state index in [9.17, 15) is 26.4 Å². The van der Waals surface area contributed by atoms with Crippen LogP contribution in [0.3, 0.4) is 0 Å². The number of amides is 1. The normalized spacial score (nSPS) is 17.6. The van der Waals surface area contributed by atoms with E-state index in [1.165, 1.54) is 35.1 Å². The van der Waals surface area contributed by atoms with Crippen LogP contribution in [0.5, 0.6) is 5.88 Å². The summed E-state index contributed by atoms with van der Waals surface area (Å²) in [6, 6.07) is 18.3. The van der Waals surface area contributed by atoms with Crippen molar-refractivity contribution in [2.75, 3.05) is 24.6 Å². The smallest absolute Gasteiger partial charge is 0.394 e. The highest BCUT2D eigenvalue weighted by atomic mass is 35.5. The number of benzene rings is 1. The van der Waals surface area contributed by atoms with Gasteiger partial charge in [-0.15, -0.1) is 17.5 Å². The number of rotatable bonds is 14.